The van der Waals surface area contributed by atoms with Crippen molar-refractivity contribution in [2.45, 2.75) is 38.6 Å². The van der Waals surface area contributed by atoms with Crippen molar-refractivity contribution in [3.63, 3.8) is 0 Å². The lowest BCUT2D eigenvalue weighted by Gasteiger charge is -2.22. The van der Waals surface area contributed by atoms with Crippen LogP contribution in [0, 0.1) is 0 Å². The van der Waals surface area contributed by atoms with Crippen LogP contribution in [-0.2, 0) is 17.6 Å². The molecule has 4 N–H and O–H groups in total. The van der Waals surface area contributed by atoms with E-state index in [0.29, 0.717) is 0 Å². The molecule has 0 heterocycles. The fourth-order valence-corrected chi connectivity index (χ4v) is 2.45. The molecule has 1 aliphatic rings. The standard InChI is InChI=1S/C14H19N3O2/c1-9(13(18)17-14(15)19)16-12-8-4-6-10-5-2-3-7-11(10)12/h4,6,8-9,16H,2-3,5,7H2,1H3,(H3,15,17,18,19). The highest BCUT2D eigenvalue weighted by Crippen LogP contribution is 2.28. The summed E-state index contributed by atoms with van der Waals surface area (Å²) in [6.45, 7) is 1.71. The number of carbonyl (C=O) groups excluding carboxylic acids is 2. The molecule has 5 heteroatoms. The molecule has 1 unspecified atom stereocenters. The van der Waals surface area contributed by atoms with Gasteiger partial charge in [-0.05, 0) is 49.8 Å². The number of anilines is 1. The molecule has 0 spiro atoms. The van der Waals surface area contributed by atoms with Gasteiger partial charge in [-0.15, -0.1) is 0 Å². The highest BCUT2D eigenvalue weighted by Gasteiger charge is 2.18. The Kier molecular flexibility index (Phi) is 4.04. The van der Waals surface area contributed by atoms with Crippen LogP contribution in [0.25, 0.3) is 0 Å². The zero-order chi connectivity index (χ0) is 13.8. The van der Waals surface area contributed by atoms with Gasteiger partial charge in [-0.1, -0.05) is 12.1 Å². The molecule has 0 aliphatic heterocycles. The number of rotatable bonds is 3. The number of nitrogens with two attached hydrogens (primary N) is 1. The quantitative estimate of drug-likeness (QED) is 0.772. The summed E-state index contributed by atoms with van der Waals surface area (Å²) >= 11 is 0. The van der Waals surface area contributed by atoms with Crippen LogP contribution in [0.1, 0.15) is 30.9 Å². The molecule has 5 nitrogen and oxygen atoms in total. The molecular formula is C14H19N3O2. The maximum Gasteiger partial charge on any atom is 0.318 e. The number of primary amides is 1. The monoisotopic (exact) mass is 261 g/mol. The second-order valence-corrected chi connectivity index (χ2v) is 4.87. The Bertz CT molecular complexity index is 499. The Morgan fingerprint density at radius 1 is 1.26 bits per heavy atom. The normalized spacial score (nSPS) is 15.2. The Labute approximate surface area is 112 Å². The number of urea groups is 1. The van der Waals surface area contributed by atoms with E-state index in [2.05, 4.69) is 16.7 Å². The summed E-state index contributed by atoms with van der Waals surface area (Å²) in [6.07, 6.45) is 4.51. The van der Waals surface area contributed by atoms with Crippen LogP contribution in [0.3, 0.4) is 0 Å². The first kappa shape index (κ1) is 13.4. The maximum atomic E-state index is 11.7. The third-order valence-electron chi connectivity index (χ3n) is 3.41. The van der Waals surface area contributed by atoms with Gasteiger partial charge in [0.1, 0.15) is 6.04 Å². The fraction of sp³-hybridized carbons (Fsp3) is 0.429. The van der Waals surface area contributed by atoms with Crippen LogP contribution in [0.2, 0.25) is 0 Å². The van der Waals surface area contributed by atoms with Gasteiger partial charge in [0.25, 0.3) is 0 Å². The van der Waals surface area contributed by atoms with E-state index in [0.717, 1.165) is 18.5 Å². The van der Waals surface area contributed by atoms with Crippen molar-refractivity contribution in [2.75, 3.05) is 5.32 Å². The van der Waals surface area contributed by atoms with Crippen molar-refractivity contribution in [1.29, 1.82) is 0 Å². The number of fused-ring (bicyclic) bond motifs is 1. The number of hydrogen-bond acceptors (Lipinski definition) is 3. The van der Waals surface area contributed by atoms with Gasteiger partial charge >= 0.3 is 6.03 Å². The van der Waals surface area contributed by atoms with Crippen molar-refractivity contribution in [3.05, 3.63) is 29.3 Å². The molecule has 0 radical (unpaired) electrons. The predicted molar refractivity (Wildman–Crippen MR) is 73.9 cm³/mol. The molecule has 2 rings (SSSR count). The van der Waals surface area contributed by atoms with Crippen LogP contribution in [0.15, 0.2) is 18.2 Å². The van der Waals surface area contributed by atoms with E-state index in [1.165, 1.54) is 24.0 Å². The smallest absolute Gasteiger partial charge is 0.318 e. The Morgan fingerprint density at radius 2 is 2.00 bits per heavy atom. The highest BCUT2D eigenvalue weighted by atomic mass is 16.2. The first-order chi connectivity index (χ1) is 9.08. The number of carbonyl (C=O) groups is 2. The van der Waals surface area contributed by atoms with E-state index in [4.69, 9.17) is 5.73 Å². The molecule has 1 aromatic carbocycles. The van der Waals surface area contributed by atoms with Crippen LogP contribution in [0.5, 0.6) is 0 Å². The molecule has 3 amide bonds. The lowest BCUT2D eigenvalue weighted by molar-refractivity contribution is -0.120. The van der Waals surface area contributed by atoms with E-state index in [1.54, 1.807) is 6.92 Å². The summed E-state index contributed by atoms with van der Waals surface area (Å²) in [5.41, 5.74) is 8.54. The minimum absolute atomic E-state index is 0.416. The summed E-state index contributed by atoms with van der Waals surface area (Å²) in [4.78, 5) is 22.3. The van der Waals surface area contributed by atoms with Crippen LogP contribution in [-0.4, -0.2) is 18.0 Å². The Balaban J connectivity index is 2.10. The first-order valence-corrected chi connectivity index (χ1v) is 6.55. The van der Waals surface area contributed by atoms with Crippen molar-refractivity contribution >= 4 is 17.6 Å². The second kappa shape index (κ2) is 5.73. The number of imide groups is 1. The average Bonchev–Trinajstić information content (AvgIpc) is 2.38. The van der Waals surface area contributed by atoms with Crippen LogP contribution in [0.4, 0.5) is 10.5 Å². The summed E-state index contributed by atoms with van der Waals surface area (Å²) in [5, 5.41) is 5.24. The molecule has 0 saturated carbocycles. The number of aryl methyl sites for hydroxylation is 1. The average molecular weight is 261 g/mol. The maximum absolute atomic E-state index is 11.7. The molecule has 1 aliphatic carbocycles. The predicted octanol–water partition coefficient (Wildman–Crippen LogP) is 1.56. The van der Waals surface area contributed by atoms with E-state index in [1.807, 2.05) is 12.1 Å². The number of amides is 3. The van der Waals surface area contributed by atoms with Crippen molar-refractivity contribution in [2.24, 2.45) is 5.73 Å². The third-order valence-corrected chi connectivity index (χ3v) is 3.41. The lowest BCUT2D eigenvalue weighted by atomic mass is 9.90. The largest absolute Gasteiger partial charge is 0.374 e. The molecule has 1 atom stereocenters. The first-order valence-electron chi connectivity index (χ1n) is 6.55. The zero-order valence-corrected chi connectivity index (χ0v) is 11.0. The lowest BCUT2D eigenvalue weighted by Crippen LogP contribution is -2.43. The Morgan fingerprint density at radius 3 is 2.74 bits per heavy atom. The molecule has 0 aromatic heterocycles. The summed E-state index contributed by atoms with van der Waals surface area (Å²) in [7, 11) is 0. The molecule has 0 fully saturated rings. The third kappa shape index (κ3) is 3.24. The van der Waals surface area contributed by atoms with E-state index < -0.39 is 18.0 Å². The minimum Gasteiger partial charge on any atom is -0.374 e. The number of benzene rings is 1. The van der Waals surface area contributed by atoms with Gasteiger partial charge in [-0.2, -0.15) is 0 Å². The van der Waals surface area contributed by atoms with Gasteiger partial charge in [0.2, 0.25) is 5.91 Å². The Hall–Kier alpha value is -2.04. The van der Waals surface area contributed by atoms with Gasteiger partial charge in [0.05, 0.1) is 0 Å². The highest BCUT2D eigenvalue weighted by molar-refractivity contribution is 5.97. The molecule has 0 bridgehead atoms. The molecular weight excluding hydrogens is 242 g/mol. The van der Waals surface area contributed by atoms with Gasteiger partial charge in [-0.25, -0.2) is 4.79 Å². The van der Waals surface area contributed by atoms with Crippen molar-refractivity contribution < 1.29 is 9.59 Å². The van der Waals surface area contributed by atoms with E-state index in [-0.39, 0.29) is 0 Å². The molecule has 1 aromatic rings. The van der Waals surface area contributed by atoms with Crippen molar-refractivity contribution in [3.8, 4) is 0 Å². The summed E-state index contributed by atoms with van der Waals surface area (Å²) < 4.78 is 0. The number of hydrogen-bond donors (Lipinski definition) is 3. The van der Waals surface area contributed by atoms with Crippen LogP contribution >= 0.6 is 0 Å². The molecule has 102 valence electrons. The van der Waals surface area contributed by atoms with Gasteiger partial charge in [0, 0.05) is 5.69 Å². The molecule has 19 heavy (non-hydrogen) atoms. The summed E-state index contributed by atoms with van der Waals surface area (Å²) in [5.74, 6) is -0.416. The topological polar surface area (TPSA) is 84.2 Å². The minimum atomic E-state index is -0.825. The van der Waals surface area contributed by atoms with Crippen LogP contribution < -0.4 is 16.4 Å². The van der Waals surface area contributed by atoms with Gasteiger partial charge in [-0.3, -0.25) is 10.1 Å². The van der Waals surface area contributed by atoms with E-state index >= 15 is 0 Å². The van der Waals surface area contributed by atoms with E-state index in [9.17, 15) is 9.59 Å². The molecule has 0 saturated heterocycles. The van der Waals surface area contributed by atoms with Gasteiger partial charge < -0.3 is 11.1 Å². The fourth-order valence-electron chi connectivity index (χ4n) is 2.45. The second-order valence-electron chi connectivity index (χ2n) is 4.87. The zero-order valence-electron chi connectivity index (χ0n) is 11.0. The van der Waals surface area contributed by atoms with Gasteiger partial charge in [0.15, 0.2) is 0 Å². The van der Waals surface area contributed by atoms with Crippen molar-refractivity contribution in [1.82, 2.24) is 5.32 Å². The summed E-state index contributed by atoms with van der Waals surface area (Å²) in [6, 6.07) is 4.77. The SMILES string of the molecule is CC(Nc1cccc2c1CCCC2)C(=O)NC(N)=O. The number of nitrogens with one attached hydrogen (secondary N) is 2.